The van der Waals surface area contributed by atoms with Crippen molar-refractivity contribution >= 4 is 0 Å². The highest BCUT2D eigenvalue weighted by molar-refractivity contribution is 5.00. The van der Waals surface area contributed by atoms with E-state index in [1.165, 1.54) is 12.2 Å². The van der Waals surface area contributed by atoms with Gasteiger partial charge in [-0.3, -0.25) is 0 Å². The van der Waals surface area contributed by atoms with Gasteiger partial charge in [0.25, 0.3) is 0 Å². The predicted octanol–water partition coefficient (Wildman–Crippen LogP) is 0.600. The summed E-state index contributed by atoms with van der Waals surface area (Å²) in [5, 5.41) is 19.3. The van der Waals surface area contributed by atoms with E-state index >= 15 is 0 Å². The van der Waals surface area contributed by atoms with Crippen molar-refractivity contribution in [3.8, 4) is 0 Å². The quantitative estimate of drug-likeness (QED) is 0.673. The van der Waals surface area contributed by atoms with Crippen LogP contribution in [0.15, 0.2) is 25.3 Å². The molecule has 4 heteroatoms. The molecule has 0 aromatic heterocycles. The van der Waals surface area contributed by atoms with Crippen LogP contribution in [0.4, 0.5) is 0 Å². The van der Waals surface area contributed by atoms with Gasteiger partial charge in [-0.25, -0.2) is 0 Å². The number of hydrogen-bond acceptors (Lipinski definition) is 4. The third-order valence-corrected chi connectivity index (χ3v) is 2.32. The van der Waals surface area contributed by atoms with Crippen LogP contribution in [0, 0.1) is 0 Å². The first-order valence-electron chi connectivity index (χ1n) is 4.88. The fourth-order valence-electron chi connectivity index (χ4n) is 1.61. The maximum Gasteiger partial charge on any atom is 0.164 e. The molecule has 1 fully saturated rings. The Morgan fingerprint density at radius 1 is 1.07 bits per heavy atom. The highest BCUT2D eigenvalue weighted by atomic mass is 16.8. The van der Waals surface area contributed by atoms with Gasteiger partial charge in [-0.2, -0.15) is 0 Å². The number of aliphatic hydroxyl groups excluding tert-OH is 2. The van der Waals surface area contributed by atoms with E-state index < -0.39 is 30.2 Å². The fraction of sp³-hybridized carbons (Fsp3) is 0.636. The molecule has 0 radical (unpaired) electrons. The van der Waals surface area contributed by atoms with E-state index in [4.69, 9.17) is 9.47 Å². The molecule has 15 heavy (non-hydrogen) atoms. The Balaban J connectivity index is 2.83. The summed E-state index contributed by atoms with van der Waals surface area (Å²) in [4.78, 5) is 0. The van der Waals surface area contributed by atoms with Crippen molar-refractivity contribution < 1.29 is 19.7 Å². The number of rotatable bonds is 4. The highest BCUT2D eigenvalue weighted by Crippen LogP contribution is 2.32. The van der Waals surface area contributed by atoms with Crippen molar-refractivity contribution in [3.05, 3.63) is 25.3 Å². The van der Waals surface area contributed by atoms with Gasteiger partial charge in [-0.15, -0.1) is 13.2 Å². The van der Waals surface area contributed by atoms with Gasteiger partial charge in [0.1, 0.15) is 24.4 Å². The molecular weight excluding hydrogens is 196 g/mol. The zero-order chi connectivity index (χ0) is 11.6. The molecule has 1 aliphatic rings. The summed E-state index contributed by atoms with van der Waals surface area (Å²) in [5.74, 6) is -0.816. The zero-order valence-corrected chi connectivity index (χ0v) is 9.09. The molecule has 0 amide bonds. The number of ether oxygens (including phenoxy) is 2. The van der Waals surface area contributed by atoms with Gasteiger partial charge in [0.2, 0.25) is 0 Å². The Bertz CT molecular complexity index is 225. The van der Waals surface area contributed by atoms with Gasteiger partial charge in [0, 0.05) is 0 Å². The van der Waals surface area contributed by atoms with E-state index in [1.807, 2.05) is 0 Å². The van der Waals surface area contributed by atoms with Crippen LogP contribution in [0.25, 0.3) is 0 Å². The molecule has 0 bridgehead atoms. The molecule has 0 saturated carbocycles. The van der Waals surface area contributed by atoms with Crippen molar-refractivity contribution in [2.45, 2.75) is 44.1 Å². The van der Waals surface area contributed by atoms with Gasteiger partial charge in [0.15, 0.2) is 5.79 Å². The largest absolute Gasteiger partial charge is 0.386 e. The lowest BCUT2D eigenvalue weighted by molar-refractivity contribution is -0.157. The molecule has 1 saturated heterocycles. The van der Waals surface area contributed by atoms with Crippen LogP contribution in [0.1, 0.15) is 13.8 Å². The summed E-state index contributed by atoms with van der Waals surface area (Å²) in [6, 6.07) is 0. The summed E-state index contributed by atoms with van der Waals surface area (Å²) >= 11 is 0. The minimum absolute atomic E-state index is 0.620. The topological polar surface area (TPSA) is 58.9 Å². The van der Waals surface area contributed by atoms with Gasteiger partial charge in [-0.05, 0) is 13.8 Å². The second-order valence-electron chi connectivity index (χ2n) is 4.02. The van der Waals surface area contributed by atoms with Gasteiger partial charge in [0.05, 0.1) is 0 Å². The summed E-state index contributed by atoms with van der Waals surface area (Å²) in [7, 11) is 0. The lowest BCUT2D eigenvalue weighted by Gasteiger charge is -2.21. The average Bonchev–Trinajstić information content (AvgIpc) is 2.52. The molecule has 0 aromatic carbocycles. The van der Waals surface area contributed by atoms with E-state index in [0.29, 0.717) is 0 Å². The van der Waals surface area contributed by atoms with Crippen molar-refractivity contribution in [2.24, 2.45) is 0 Å². The van der Waals surface area contributed by atoms with Crippen LogP contribution >= 0.6 is 0 Å². The predicted molar refractivity (Wildman–Crippen MR) is 56.2 cm³/mol. The van der Waals surface area contributed by atoms with Crippen LogP contribution in [0.3, 0.4) is 0 Å². The van der Waals surface area contributed by atoms with Crippen molar-refractivity contribution in [1.82, 2.24) is 0 Å². The molecule has 86 valence electrons. The Morgan fingerprint density at radius 2 is 1.40 bits per heavy atom. The Morgan fingerprint density at radius 3 is 1.67 bits per heavy atom. The normalized spacial score (nSPS) is 33.3. The van der Waals surface area contributed by atoms with E-state index in [0.717, 1.165) is 0 Å². The molecule has 4 nitrogen and oxygen atoms in total. The second kappa shape index (κ2) is 4.45. The van der Waals surface area contributed by atoms with E-state index in [2.05, 4.69) is 13.2 Å². The van der Waals surface area contributed by atoms with Crippen LogP contribution in [-0.4, -0.2) is 40.4 Å². The zero-order valence-electron chi connectivity index (χ0n) is 9.09. The maximum absolute atomic E-state index is 9.64. The van der Waals surface area contributed by atoms with Gasteiger partial charge < -0.3 is 19.7 Å². The third kappa shape index (κ3) is 2.66. The first kappa shape index (κ1) is 12.4. The molecule has 4 atom stereocenters. The number of hydrogen-bond donors (Lipinski definition) is 2. The summed E-state index contributed by atoms with van der Waals surface area (Å²) in [6.07, 6.45) is -0.259. The first-order chi connectivity index (χ1) is 6.91. The molecule has 1 rings (SSSR count). The smallest absolute Gasteiger partial charge is 0.164 e. The van der Waals surface area contributed by atoms with Crippen LogP contribution in [-0.2, 0) is 9.47 Å². The fourth-order valence-corrected chi connectivity index (χ4v) is 1.61. The van der Waals surface area contributed by atoms with E-state index in [-0.39, 0.29) is 0 Å². The van der Waals surface area contributed by atoms with Crippen molar-refractivity contribution in [2.75, 3.05) is 0 Å². The molecule has 0 aliphatic carbocycles. The Labute approximate surface area is 89.8 Å². The Kier molecular flexibility index (Phi) is 3.67. The maximum atomic E-state index is 9.64. The van der Waals surface area contributed by atoms with Gasteiger partial charge in [-0.1, -0.05) is 12.2 Å². The summed E-state index contributed by atoms with van der Waals surface area (Å²) < 4.78 is 11.0. The standard InChI is InChI=1S/C11H18O4/c1-5-7(12)9-10(8(13)6-2)15-11(3,4)14-9/h5-10,12-13H,1-2H2,3-4H3/t7-,8-,9-,10-/m1/s1. The molecule has 0 spiro atoms. The molecule has 0 unspecified atom stereocenters. The van der Waals surface area contributed by atoms with Crippen LogP contribution in [0.2, 0.25) is 0 Å². The third-order valence-electron chi connectivity index (χ3n) is 2.32. The summed E-state index contributed by atoms with van der Waals surface area (Å²) in [6.45, 7) is 10.4. The van der Waals surface area contributed by atoms with Crippen molar-refractivity contribution in [3.63, 3.8) is 0 Å². The molecular formula is C11H18O4. The first-order valence-corrected chi connectivity index (χ1v) is 4.88. The SMILES string of the molecule is C=C[C@@H](O)[C@H]1OC(C)(C)O[C@@H]1[C@H](O)C=C. The lowest BCUT2D eigenvalue weighted by Crippen LogP contribution is -2.40. The second-order valence-corrected chi connectivity index (χ2v) is 4.02. The summed E-state index contributed by atoms with van der Waals surface area (Å²) in [5.41, 5.74) is 0. The van der Waals surface area contributed by atoms with Gasteiger partial charge >= 0.3 is 0 Å². The van der Waals surface area contributed by atoms with E-state index in [9.17, 15) is 10.2 Å². The minimum atomic E-state index is -0.869. The minimum Gasteiger partial charge on any atom is -0.386 e. The van der Waals surface area contributed by atoms with Crippen LogP contribution in [0.5, 0.6) is 0 Å². The highest BCUT2D eigenvalue weighted by Gasteiger charge is 2.46. The molecule has 1 heterocycles. The molecule has 1 aliphatic heterocycles. The molecule has 2 N–H and O–H groups in total. The van der Waals surface area contributed by atoms with Crippen molar-refractivity contribution in [1.29, 1.82) is 0 Å². The number of aliphatic hydroxyl groups is 2. The lowest BCUT2D eigenvalue weighted by atomic mass is 10.0. The van der Waals surface area contributed by atoms with E-state index in [1.54, 1.807) is 13.8 Å². The monoisotopic (exact) mass is 214 g/mol. The Hall–Kier alpha value is -0.680. The molecule has 0 aromatic rings. The van der Waals surface area contributed by atoms with Crippen LogP contribution < -0.4 is 0 Å². The average molecular weight is 214 g/mol.